The van der Waals surface area contributed by atoms with Gasteiger partial charge in [0.1, 0.15) is 5.69 Å². The molecule has 0 bridgehead atoms. The normalized spacial score (nSPS) is 29.9. The highest BCUT2D eigenvalue weighted by atomic mass is 16.3. The van der Waals surface area contributed by atoms with E-state index in [0.29, 0.717) is 5.69 Å². The lowest BCUT2D eigenvalue weighted by Crippen LogP contribution is -2.44. The molecule has 3 rings (SSSR count). The minimum atomic E-state index is -1.57. The van der Waals surface area contributed by atoms with E-state index in [-0.39, 0.29) is 19.1 Å². The van der Waals surface area contributed by atoms with Crippen molar-refractivity contribution in [3.05, 3.63) is 11.9 Å². The molecule has 2 heterocycles. The molecule has 0 aromatic carbocycles. The van der Waals surface area contributed by atoms with Gasteiger partial charge in [-0.3, -0.25) is 4.79 Å². The molecule has 1 saturated heterocycles. The molecule has 12 nitrogen and oxygen atoms in total. The predicted molar refractivity (Wildman–Crippen MR) is 104 cm³/mol. The fourth-order valence-corrected chi connectivity index (χ4v) is 4.08. The molecule has 1 aliphatic heterocycles. The fraction of sp³-hybridized carbons (Fsp3) is 0.778. The third kappa shape index (κ3) is 5.20. The van der Waals surface area contributed by atoms with Crippen LogP contribution >= 0.6 is 0 Å². The van der Waals surface area contributed by atoms with Crippen LogP contribution in [0.5, 0.6) is 0 Å². The summed E-state index contributed by atoms with van der Waals surface area (Å²) in [5.41, 5.74) is 2.62. The number of nitrogens with zero attached hydrogens (tertiary/aromatic N) is 4. The third-order valence-electron chi connectivity index (χ3n) is 5.91. The maximum absolute atomic E-state index is 12.1. The summed E-state index contributed by atoms with van der Waals surface area (Å²) in [5, 5.41) is 63.9. The first-order valence-corrected chi connectivity index (χ1v) is 10.2. The monoisotopic (exact) mass is 426 g/mol. The van der Waals surface area contributed by atoms with Crippen LogP contribution in [0.1, 0.15) is 37.8 Å². The number of rotatable bonds is 8. The molecule has 1 saturated carbocycles. The summed E-state index contributed by atoms with van der Waals surface area (Å²) < 4.78 is 1.41. The van der Waals surface area contributed by atoms with E-state index in [1.54, 1.807) is 0 Å². The van der Waals surface area contributed by atoms with Gasteiger partial charge in [0.2, 0.25) is 0 Å². The second-order valence-corrected chi connectivity index (χ2v) is 7.95. The Hall–Kier alpha value is -1.96. The van der Waals surface area contributed by atoms with Gasteiger partial charge in [0.05, 0.1) is 56.0 Å². The Kier molecular flexibility index (Phi) is 7.86. The van der Waals surface area contributed by atoms with E-state index in [4.69, 9.17) is 0 Å². The van der Waals surface area contributed by atoms with Crippen molar-refractivity contribution in [2.24, 2.45) is 11.0 Å². The molecule has 0 unspecified atom stereocenters. The molecular weight excluding hydrogens is 396 g/mol. The quantitative estimate of drug-likeness (QED) is 0.169. The molecule has 1 aliphatic carbocycles. The maximum atomic E-state index is 12.1. The number of carbonyl (C=O) groups excluding carboxylic acids is 1. The zero-order valence-electron chi connectivity index (χ0n) is 16.6. The second kappa shape index (κ2) is 10.4. The minimum Gasteiger partial charge on any atom is -0.395 e. The van der Waals surface area contributed by atoms with Gasteiger partial charge < -0.3 is 30.8 Å². The smallest absolute Gasteiger partial charge is 0.271 e. The third-order valence-corrected chi connectivity index (χ3v) is 5.91. The van der Waals surface area contributed by atoms with Gasteiger partial charge in [-0.2, -0.15) is 5.10 Å². The predicted octanol–water partition coefficient (Wildman–Crippen LogP) is -2.92. The lowest BCUT2D eigenvalue weighted by atomic mass is 9.83. The summed E-state index contributed by atoms with van der Waals surface area (Å²) in [6.07, 6.45) is 2.41. The SMILES string of the molecule is O=C(N/N=C/c1cnnn1C[C@H]1N[C@H](CO)[C@@H](O)[C@@H]1O)[C@@H](O)[C@H](O)C1CCCCC1. The van der Waals surface area contributed by atoms with E-state index in [1.807, 2.05) is 0 Å². The first-order chi connectivity index (χ1) is 14.4. The standard InChI is InChI=1S/C18H30N6O6/c25-9-13-16(28)15(27)12(21-13)8-24-11(7-20-23-24)6-19-22-18(30)17(29)14(26)10-4-2-1-3-5-10/h6-7,10,12-17,21,25-29H,1-5,8-9H2,(H,22,30)/b19-6+/t12-,13-,14-,15-,16-,17+/m1/s1. The van der Waals surface area contributed by atoms with Crippen molar-refractivity contribution in [3.63, 3.8) is 0 Å². The first kappa shape index (κ1) is 22.7. The van der Waals surface area contributed by atoms with E-state index < -0.39 is 42.4 Å². The molecule has 0 spiro atoms. The first-order valence-electron chi connectivity index (χ1n) is 10.2. The maximum Gasteiger partial charge on any atom is 0.271 e. The average Bonchev–Trinajstić information content (AvgIpc) is 3.32. The Morgan fingerprint density at radius 2 is 1.97 bits per heavy atom. The van der Waals surface area contributed by atoms with E-state index in [1.165, 1.54) is 17.1 Å². The van der Waals surface area contributed by atoms with Crippen LogP contribution in [0.15, 0.2) is 11.3 Å². The number of aromatic nitrogens is 3. The molecule has 168 valence electrons. The summed E-state index contributed by atoms with van der Waals surface area (Å²) in [7, 11) is 0. The molecule has 12 heteroatoms. The molecular formula is C18H30N6O6. The van der Waals surface area contributed by atoms with Crippen molar-refractivity contribution in [3.8, 4) is 0 Å². The van der Waals surface area contributed by atoms with E-state index >= 15 is 0 Å². The highest BCUT2D eigenvalue weighted by molar-refractivity contribution is 5.83. The Bertz CT molecular complexity index is 724. The molecule has 1 aromatic heterocycles. The molecule has 0 radical (unpaired) electrons. The molecule has 7 N–H and O–H groups in total. The molecule has 1 aromatic rings. The Morgan fingerprint density at radius 3 is 2.63 bits per heavy atom. The van der Waals surface area contributed by atoms with Crippen molar-refractivity contribution in [2.45, 2.75) is 75.1 Å². The van der Waals surface area contributed by atoms with Crippen molar-refractivity contribution in [1.82, 2.24) is 25.7 Å². The van der Waals surface area contributed by atoms with Gasteiger partial charge >= 0.3 is 0 Å². The molecule has 2 fully saturated rings. The van der Waals surface area contributed by atoms with Crippen LogP contribution in [0.25, 0.3) is 0 Å². The van der Waals surface area contributed by atoms with Crippen LogP contribution in [0.3, 0.4) is 0 Å². The summed E-state index contributed by atoms with van der Waals surface area (Å²) in [6.45, 7) is -0.172. The van der Waals surface area contributed by atoms with Crippen molar-refractivity contribution < 1.29 is 30.3 Å². The van der Waals surface area contributed by atoms with Gasteiger partial charge in [-0.1, -0.05) is 24.5 Å². The van der Waals surface area contributed by atoms with Gasteiger partial charge in [-0.15, -0.1) is 5.10 Å². The van der Waals surface area contributed by atoms with E-state index in [2.05, 4.69) is 26.2 Å². The highest BCUT2D eigenvalue weighted by Crippen LogP contribution is 2.27. The summed E-state index contributed by atoms with van der Waals surface area (Å²) in [6, 6.07) is -1.20. The Morgan fingerprint density at radius 1 is 1.27 bits per heavy atom. The van der Waals surface area contributed by atoms with Gasteiger partial charge in [0.15, 0.2) is 6.10 Å². The lowest BCUT2D eigenvalue weighted by molar-refractivity contribution is -0.138. The number of aliphatic hydroxyl groups excluding tert-OH is 5. The van der Waals surface area contributed by atoms with E-state index in [9.17, 15) is 30.3 Å². The number of nitrogens with one attached hydrogen (secondary N) is 2. The van der Waals surface area contributed by atoms with Gasteiger partial charge in [0, 0.05) is 0 Å². The van der Waals surface area contributed by atoms with Crippen molar-refractivity contribution in [1.29, 1.82) is 0 Å². The zero-order chi connectivity index (χ0) is 21.7. The van der Waals surface area contributed by atoms with Crippen LogP contribution in [0.2, 0.25) is 0 Å². The number of aliphatic hydroxyl groups is 5. The van der Waals surface area contributed by atoms with E-state index in [0.717, 1.165) is 32.1 Å². The number of hydrogen-bond donors (Lipinski definition) is 7. The lowest BCUT2D eigenvalue weighted by Gasteiger charge is -2.28. The second-order valence-electron chi connectivity index (χ2n) is 7.95. The number of amides is 1. The molecule has 1 amide bonds. The number of hydrazone groups is 1. The molecule has 30 heavy (non-hydrogen) atoms. The van der Waals surface area contributed by atoms with Gasteiger partial charge in [-0.25, -0.2) is 10.1 Å². The number of carbonyl (C=O) groups is 1. The zero-order valence-corrected chi connectivity index (χ0v) is 16.6. The summed E-state index contributed by atoms with van der Waals surface area (Å²) in [4.78, 5) is 12.1. The summed E-state index contributed by atoms with van der Waals surface area (Å²) >= 11 is 0. The largest absolute Gasteiger partial charge is 0.395 e. The highest BCUT2D eigenvalue weighted by Gasteiger charge is 2.41. The number of hydrogen-bond acceptors (Lipinski definition) is 10. The van der Waals surface area contributed by atoms with Crippen molar-refractivity contribution >= 4 is 12.1 Å². The Labute approximate surface area is 173 Å². The Balaban J connectivity index is 1.53. The van der Waals surface area contributed by atoms with Crippen LogP contribution in [0, 0.1) is 5.92 Å². The molecule has 2 aliphatic rings. The minimum absolute atomic E-state index is 0.0995. The van der Waals surface area contributed by atoms with Crippen molar-refractivity contribution in [2.75, 3.05) is 6.61 Å². The van der Waals surface area contributed by atoms with Gasteiger partial charge in [0.25, 0.3) is 5.91 Å². The fourth-order valence-electron chi connectivity index (χ4n) is 4.08. The van der Waals surface area contributed by atoms with Crippen LogP contribution < -0.4 is 10.7 Å². The topological polar surface area (TPSA) is 185 Å². The molecule has 6 atom stereocenters. The summed E-state index contributed by atoms with van der Waals surface area (Å²) in [5.74, 6) is -0.900. The average molecular weight is 426 g/mol. The van der Waals surface area contributed by atoms with Crippen LogP contribution in [-0.4, -0.2) is 95.8 Å². The van der Waals surface area contributed by atoms with Crippen LogP contribution in [-0.2, 0) is 11.3 Å². The van der Waals surface area contributed by atoms with Gasteiger partial charge in [-0.05, 0) is 18.8 Å². The van der Waals surface area contributed by atoms with Crippen LogP contribution in [0.4, 0.5) is 0 Å².